The number of fused-ring (bicyclic) bond motifs is 1. The molecule has 1 atom stereocenters. The van der Waals surface area contributed by atoms with E-state index in [0.29, 0.717) is 46.0 Å². The van der Waals surface area contributed by atoms with Crippen LogP contribution in [0.15, 0.2) is 48.7 Å². The van der Waals surface area contributed by atoms with Crippen LogP contribution in [-0.4, -0.2) is 88.5 Å². The number of benzene rings is 2. The van der Waals surface area contributed by atoms with Gasteiger partial charge < -0.3 is 25.0 Å². The Morgan fingerprint density at radius 1 is 0.961 bits per heavy atom. The lowest BCUT2D eigenvalue weighted by atomic mass is 9.88. The van der Waals surface area contributed by atoms with Crippen LogP contribution in [0.4, 0.5) is 0 Å². The van der Waals surface area contributed by atoms with Crippen LogP contribution in [0.5, 0.6) is 11.8 Å². The van der Waals surface area contributed by atoms with Gasteiger partial charge in [-0.1, -0.05) is 59.6 Å². The van der Waals surface area contributed by atoms with Gasteiger partial charge in [-0.15, -0.1) is 0 Å². The first kappa shape index (κ1) is 33.8. The van der Waals surface area contributed by atoms with Gasteiger partial charge in [0.25, 0.3) is 0 Å². The normalized spacial score (nSPS) is 19.4. The van der Waals surface area contributed by atoms with E-state index in [0.717, 1.165) is 79.1 Å². The van der Waals surface area contributed by atoms with Crippen molar-refractivity contribution in [2.24, 2.45) is 0 Å². The van der Waals surface area contributed by atoms with E-state index >= 15 is 0 Å². The van der Waals surface area contributed by atoms with Gasteiger partial charge >= 0.3 is 0 Å². The Morgan fingerprint density at radius 2 is 1.61 bits per heavy atom. The van der Waals surface area contributed by atoms with Crippen LogP contribution in [0.2, 0.25) is 10.0 Å². The first-order valence-electron chi connectivity index (χ1n) is 17.3. The number of halogens is 2. The second-order valence-electron chi connectivity index (χ2n) is 14.0. The van der Waals surface area contributed by atoms with Crippen molar-refractivity contribution in [3.63, 3.8) is 0 Å². The van der Waals surface area contributed by atoms with E-state index in [4.69, 9.17) is 47.6 Å². The van der Waals surface area contributed by atoms with Crippen molar-refractivity contribution in [1.82, 2.24) is 35.4 Å². The van der Waals surface area contributed by atoms with E-state index in [1.165, 1.54) is 5.56 Å². The molecular weight excluding hydrogens is 689 g/mol. The van der Waals surface area contributed by atoms with Gasteiger partial charge in [-0.05, 0) is 30.9 Å². The highest BCUT2D eigenvalue weighted by atomic mass is 35.5. The SMILES string of the molecule is COc1nc(-c2cccc(-c3cccc(-c4cc5c(c(OC)n4)C(NC4CN(C(C)=O)C4)CC5)c3Cl)c2Cl)cnc1CN1CC2(CCC(=O)N2)C1. The number of carbonyl (C=O) groups excluding carboxylic acids is 2. The molecule has 0 saturated carbocycles. The summed E-state index contributed by atoms with van der Waals surface area (Å²) in [5.74, 6) is 1.24. The van der Waals surface area contributed by atoms with Crippen molar-refractivity contribution >= 4 is 35.0 Å². The monoisotopic (exact) mass is 727 g/mol. The summed E-state index contributed by atoms with van der Waals surface area (Å²) in [6.07, 6.45) is 4.99. The summed E-state index contributed by atoms with van der Waals surface area (Å²) in [5.41, 5.74) is 7.19. The number of hydrogen-bond acceptors (Lipinski definition) is 9. The zero-order valence-electron chi connectivity index (χ0n) is 28.8. The Hall–Kier alpha value is -4.29. The minimum absolute atomic E-state index is 0.105. The molecule has 0 radical (unpaired) electrons. The summed E-state index contributed by atoms with van der Waals surface area (Å²) in [6, 6.07) is 14.1. The van der Waals surface area contributed by atoms with Gasteiger partial charge in [0, 0.05) is 86.0 Å². The van der Waals surface area contributed by atoms with Crippen molar-refractivity contribution in [2.45, 2.75) is 56.8 Å². The number of ether oxygens (including phenoxy) is 2. The Bertz CT molecular complexity index is 2050. The number of hydrogen-bond donors (Lipinski definition) is 2. The molecule has 8 rings (SSSR count). The third-order valence-electron chi connectivity index (χ3n) is 10.6. The molecule has 3 saturated heterocycles. The molecule has 264 valence electrons. The number of carbonyl (C=O) groups is 2. The molecule has 2 aromatic carbocycles. The fraction of sp³-hybridized carbons (Fsp3) is 0.395. The topological polar surface area (TPSA) is 122 Å². The van der Waals surface area contributed by atoms with Crippen LogP contribution in [0.1, 0.15) is 49.0 Å². The Morgan fingerprint density at radius 3 is 2.24 bits per heavy atom. The minimum Gasteiger partial charge on any atom is -0.481 e. The maximum atomic E-state index is 11.8. The second kappa shape index (κ2) is 13.4. The maximum Gasteiger partial charge on any atom is 0.237 e. The van der Waals surface area contributed by atoms with E-state index in [-0.39, 0.29) is 29.4 Å². The number of methoxy groups -OCH3 is 2. The third kappa shape index (κ3) is 6.20. The largest absolute Gasteiger partial charge is 0.481 e. The van der Waals surface area contributed by atoms with Crippen molar-refractivity contribution in [3.05, 3.63) is 75.5 Å². The summed E-state index contributed by atoms with van der Waals surface area (Å²) in [7, 11) is 3.24. The van der Waals surface area contributed by atoms with Crippen molar-refractivity contribution in [3.8, 4) is 45.4 Å². The first-order chi connectivity index (χ1) is 24.6. The lowest BCUT2D eigenvalue weighted by Crippen LogP contribution is -2.66. The standard InChI is InChI=1S/C38H39Cl2N7O4/c1-21(48)47-16-23(17-47)42-28-11-10-22-14-29(43-37(51-3)33(22)28)26-8-4-6-24(34(26)39)25-7-5-9-27(35(25)40)30-15-41-31(36(44-30)50-2)18-46-19-38(20-46)13-12-32(49)45-38/h4-9,14-15,23,28,42H,10-13,16-20H2,1-3H3,(H,45,49). The summed E-state index contributed by atoms with van der Waals surface area (Å²) in [4.78, 5) is 42.0. The third-order valence-corrected chi connectivity index (χ3v) is 11.4. The molecular formula is C38H39Cl2N7O4. The maximum absolute atomic E-state index is 11.8. The van der Waals surface area contributed by atoms with Gasteiger partial charge in [0.05, 0.1) is 47.4 Å². The molecule has 4 aliphatic rings. The van der Waals surface area contributed by atoms with E-state index in [9.17, 15) is 9.59 Å². The summed E-state index contributed by atoms with van der Waals surface area (Å²) in [6.45, 7) is 5.18. The van der Waals surface area contributed by atoms with Crippen LogP contribution < -0.4 is 20.1 Å². The number of aromatic nitrogens is 3. The van der Waals surface area contributed by atoms with Crippen molar-refractivity contribution in [1.29, 1.82) is 0 Å². The Labute approximate surface area is 306 Å². The molecule has 51 heavy (non-hydrogen) atoms. The Kier molecular flexibility index (Phi) is 8.86. The van der Waals surface area contributed by atoms with E-state index in [1.54, 1.807) is 27.3 Å². The van der Waals surface area contributed by atoms with Crippen LogP contribution in [0, 0.1) is 0 Å². The van der Waals surface area contributed by atoms with Crippen LogP contribution in [0.25, 0.3) is 33.6 Å². The molecule has 5 heterocycles. The van der Waals surface area contributed by atoms with Gasteiger partial charge in [-0.25, -0.2) is 9.97 Å². The molecule has 13 heteroatoms. The minimum atomic E-state index is -0.107. The number of amides is 2. The molecule has 11 nitrogen and oxygen atoms in total. The first-order valence-corrected chi connectivity index (χ1v) is 18.0. The summed E-state index contributed by atoms with van der Waals surface area (Å²) >= 11 is 14.3. The van der Waals surface area contributed by atoms with E-state index in [2.05, 4.69) is 21.6 Å². The van der Waals surface area contributed by atoms with Gasteiger partial charge in [0.2, 0.25) is 23.6 Å². The predicted octanol–water partition coefficient (Wildman–Crippen LogP) is 5.47. The highest BCUT2D eigenvalue weighted by Gasteiger charge is 2.47. The zero-order chi connectivity index (χ0) is 35.4. The van der Waals surface area contributed by atoms with Crippen molar-refractivity contribution in [2.75, 3.05) is 40.4 Å². The average molecular weight is 729 g/mol. The molecule has 1 unspecified atom stereocenters. The Balaban J connectivity index is 1.04. The molecule has 1 aliphatic carbocycles. The summed E-state index contributed by atoms with van der Waals surface area (Å²) < 4.78 is 11.5. The zero-order valence-corrected chi connectivity index (χ0v) is 30.3. The number of rotatable bonds is 9. The summed E-state index contributed by atoms with van der Waals surface area (Å²) in [5, 5.41) is 7.85. The fourth-order valence-electron chi connectivity index (χ4n) is 8.01. The van der Waals surface area contributed by atoms with E-state index < -0.39 is 0 Å². The highest BCUT2D eigenvalue weighted by Crippen LogP contribution is 2.45. The number of nitrogens with one attached hydrogen (secondary N) is 2. The smallest absolute Gasteiger partial charge is 0.237 e. The quantitative estimate of drug-likeness (QED) is 0.231. The molecule has 0 bridgehead atoms. The van der Waals surface area contributed by atoms with E-state index in [1.807, 2.05) is 41.3 Å². The van der Waals surface area contributed by atoms with Gasteiger partial charge in [0.15, 0.2) is 0 Å². The number of pyridine rings is 1. The van der Waals surface area contributed by atoms with Crippen LogP contribution >= 0.6 is 23.2 Å². The number of likely N-dealkylation sites (tertiary alicyclic amines) is 2. The molecule has 3 fully saturated rings. The van der Waals surface area contributed by atoms with Gasteiger partial charge in [0.1, 0.15) is 5.69 Å². The number of aryl methyl sites for hydroxylation is 1. The van der Waals surface area contributed by atoms with Gasteiger partial charge in [-0.3, -0.25) is 19.5 Å². The van der Waals surface area contributed by atoms with Crippen LogP contribution in [0.3, 0.4) is 0 Å². The molecule has 2 N–H and O–H groups in total. The molecule has 1 spiro atoms. The molecule has 2 amide bonds. The van der Waals surface area contributed by atoms with Crippen molar-refractivity contribution < 1.29 is 19.1 Å². The number of nitrogens with zero attached hydrogens (tertiary/aromatic N) is 5. The predicted molar refractivity (Wildman–Crippen MR) is 195 cm³/mol. The fourth-order valence-corrected chi connectivity index (χ4v) is 8.66. The average Bonchev–Trinajstić information content (AvgIpc) is 3.69. The highest BCUT2D eigenvalue weighted by molar-refractivity contribution is 6.39. The lowest BCUT2D eigenvalue weighted by Gasteiger charge is -2.47. The lowest BCUT2D eigenvalue weighted by molar-refractivity contribution is -0.133. The molecule has 4 aromatic rings. The molecule has 3 aliphatic heterocycles. The molecule has 2 aromatic heterocycles. The van der Waals surface area contributed by atoms with Crippen LogP contribution in [-0.2, 0) is 22.6 Å². The second-order valence-corrected chi connectivity index (χ2v) is 14.7. The van der Waals surface area contributed by atoms with Gasteiger partial charge in [-0.2, -0.15) is 0 Å².